The van der Waals surface area contributed by atoms with E-state index in [1.54, 1.807) is 0 Å². The zero-order valence-corrected chi connectivity index (χ0v) is 14.4. The summed E-state index contributed by atoms with van der Waals surface area (Å²) in [5.74, 6) is 3.97. The molecule has 0 N–H and O–H groups in total. The fraction of sp³-hybridized carbons (Fsp3) is 0.900. The first-order valence-corrected chi connectivity index (χ1v) is 9.60. The summed E-state index contributed by atoms with van der Waals surface area (Å²) in [7, 11) is 0. The highest BCUT2D eigenvalue weighted by Gasteiger charge is 2.30. The summed E-state index contributed by atoms with van der Waals surface area (Å²) in [5, 5.41) is 0. The molecule has 2 aliphatic carbocycles. The summed E-state index contributed by atoms with van der Waals surface area (Å²) in [6.45, 7) is 5.44. The largest absolute Gasteiger partial charge is 0.501 e. The van der Waals surface area contributed by atoms with Crippen LogP contribution in [0.4, 0.5) is 0 Å². The van der Waals surface area contributed by atoms with Gasteiger partial charge in [-0.3, -0.25) is 0 Å². The number of hydrogen-bond donors (Lipinski definition) is 0. The molecule has 21 heavy (non-hydrogen) atoms. The maximum Gasteiger partial charge on any atom is 0.0901 e. The molecule has 0 spiro atoms. The van der Waals surface area contributed by atoms with E-state index in [1.165, 1.54) is 64.2 Å². The van der Waals surface area contributed by atoms with Gasteiger partial charge in [-0.2, -0.15) is 0 Å². The lowest BCUT2D eigenvalue weighted by atomic mass is 9.69. The van der Waals surface area contributed by atoms with Gasteiger partial charge < -0.3 is 4.74 Å². The maximum atomic E-state index is 5.65. The quantitative estimate of drug-likeness (QED) is 0.497. The third-order valence-corrected chi connectivity index (χ3v) is 5.91. The van der Waals surface area contributed by atoms with E-state index in [2.05, 4.69) is 19.9 Å². The van der Waals surface area contributed by atoms with E-state index in [0.29, 0.717) is 0 Å². The molecule has 0 aliphatic heterocycles. The van der Waals surface area contributed by atoms with Crippen LogP contribution in [0.5, 0.6) is 0 Å². The molecular formula is C20H36O. The van der Waals surface area contributed by atoms with E-state index >= 15 is 0 Å². The molecule has 2 saturated carbocycles. The normalized spacial score (nSPS) is 34.2. The molecule has 0 atom stereocenters. The van der Waals surface area contributed by atoms with Gasteiger partial charge in [-0.1, -0.05) is 45.6 Å². The summed E-state index contributed by atoms with van der Waals surface area (Å²) < 4.78 is 5.65. The lowest BCUT2D eigenvalue weighted by Crippen LogP contribution is -2.26. The van der Waals surface area contributed by atoms with E-state index in [4.69, 9.17) is 4.74 Å². The predicted octanol–water partition coefficient (Wildman–Crippen LogP) is 6.34. The van der Waals surface area contributed by atoms with Crippen LogP contribution in [0, 0.1) is 23.7 Å². The number of rotatable bonds is 7. The Balaban J connectivity index is 1.62. The number of hydrogen-bond acceptors (Lipinski definition) is 1. The fourth-order valence-electron chi connectivity index (χ4n) is 4.54. The van der Waals surface area contributed by atoms with Crippen LogP contribution in [0.3, 0.4) is 0 Å². The molecule has 0 saturated heterocycles. The van der Waals surface area contributed by atoms with E-state index in [1.807, 2.05) is 6.26 Å². The molecule has 2 fully saturated rings. The summed E-state index contributed by atoms with van der Waals surface area (Å²) >= 11 is 0. The van der Waals surface area contributed by atoms with Crippen molar-refractivity contribution < 1.29 is 4.74 Å². The van der Waals surface area contributed by atoms with Crippen molar-refractivity contribution >= 4 is 0 Å². The van der Waals surface area contributed by atoms with Crippen LogP contribution in [-0.4, -0.2) is 6.61 Å². The SMILES string of the molecule is CC/C=C\OCC1CCC(C2CCC(CCC)CC2)CC1. The minimum atomic E-state index is 0.819. The lowest BCUT2D eigenvalue weighted by Gasteiger charge is -2.37. The molecule has 1 nitrogen and oxygen atoms in total. The second-order valence-electron chi connectivity index (χ2n) is 7.46. The van der Waals surface area contributed by atoms with E-state index in [9.17, 15) is 0 Å². The van der Waals surface area contributed by atoms with Crippen LogP contribution in [-0.2, 0) is 4.74 Å². The standard InChI is InChI=1S/C20H36O/c1-3-5-15-21-16-18-9-13-20(14-10-18)19-11-7-17(6-4-2)8-12-19/h5,15,17-20H,3-4,6-14,16H2,1-2H3/b15-5-. The van der Waals surface area contributed by atoms with Crippen LogP contribution in [0.15, 0.2) is 12.3 Å². The lowest BCUT2D eigenvalue weighted by molar-refractivity contribution is 0.108. The van der Waals surface area contributed by atoms with Crippen molar-refractivity contribution in [2.75, 3.05) is 6.61 Å². The first-order chi connectivity index (χ1) is 10.3. The zero-order chi connectivity index (χ0) is 14.9. The van der Waals surface area contributed by atoms with Gasteiger partial charge in [-0.05, 0) is 68.6 Å². The Bertz CT molecular complexity index is 280. The van der Waals surface area contributed by atoms with Crippen molar-refractivity contribution in [3.63, 3.8) is 0 Å². The molecule has 122 valence electrons. The van der Waals surface area contributed by atoms with Gasteiger partial charge in [0.1, 0.15) is 0 Å². The van der Waals surface area contributed by atoms with Crippen LogP contribution in [0.2, 0.25) is 0 Å². The molecular weight excluding hydrogens is 256 g/mol. The average Bonchev–Trinajstić information content (AvgIpc) is 2.53. The second kappa shape index (κ2) is 9.54. The predicted molar refractivity (Wildman–Crippen MR) is 91.2 cm³/mol. The van der Waals surface area contributed by atoms with Crippen LogP contribution >= 0.6 is 0 Å². The topological polar surface area (TPSA) is 9.23 Å². The minimum Gasteiger partial charge on any atom is -0.501 e. The highest BCUT2D eigenvalue weighted by atomic mass is 16.5. The van der Waals surface area contributed by atoms with Gasteiger partial charge in [0.2, 0.25) is 0 Å². The molecule has 0 aromatic heterocycles. The Kier molecular flexibility index (Phi) is 7.68. The highest BCUT2D eigenvalue weighted by molar-refractivity contribution is 4.82. The second-order valence-corrected chi connectivity index (χ2v) is 7.46. The molecule has 1 heteroatoms. The van der Waals surface area contributed by atoms with E-state index < -0.39 is 0 Å². The van der Waals surface area contributed by atoms with Gasteiger partial charge >= 0.3 is 0 Å². The Labute approximate surface area is 132 Å². The summed E-state index contributed by atoms with van der Waals surface area (Å²) in [6, 6.07) is 0. The minimum absolute atomic E-state index is 0.819. The molecule has 2 aliphatic rings. The van der Waals surface area contributed by atoms with Crippen molar-refractivity contribution in [1.29, 1.82) is 0 Å². The van der Waals surface area contributed by atoms with Crippen LogP contribution in [0.25, 0.3) is 0 Å². The summed E-state index contributed by atoms with van der Waals surface area (Å²) in [4.78, 5) is 0. The van der Waals surface area contributed by atoms with Gasteiger partial charge in [0.25, 0.3) is 0 Å². The highest BCUT2D eigenvalue weighted by Crippen LogP contribution is 2.42. The van der Waals surface area contributed by atoms with Gasteiger partial charge in [-0.25, -0.2) is 0 Å². The van der Waals surface area contributed by atoms with Gasteiger partial charge in [-0.15, -0.1) is 0 Å². The van der Waals surface area contributed by atoms with Gasteiger partial charge in [0.15, 0.2) is 0 Å². The summed E-state index contributed by atoms with van der Waals surface area (Å²) in [5.41, 5.74) is 0. The van der Waals surface area contributed by atoms with Crippen LogP contribution in [0.1, 0.15) is 84.5 Å². The first kappa shape index (κ1) is 16.9. The number of allylic oxidation sites excluding steroid dienone is 1. The third-order valence-electron chi connectivity index (χ3n) is 5.91. The van der Waals surface area contributed by atoms with Crippen molar-refractivity contribution in [1.82, 2.24) is 0 Å². The van der Waals surface area contributed by atoms with Crippen molar-refractivity contribution in [2.24, 2.45) is 23.7 Å². The molecule has 0 heterocycles. The van der Waals surface area contributed by atoms with Crippen LogP contribution < -0.4 is 0 Å². The monoisotopic (exact) mass is 292 g/mol. The summed E-state index contributed by atoms with van der Waals surface area (Å²) in [6.07, 6.45) is 19.8. The van der Waals surface area contributed by atoms with E-state index in [-0.39, 0.29) is 0 Å². The molecule has 0 bridgehead atoms. The van der Waals surface area contributed by atoms with Gasteiger partial charge in [0.05, 0.1) is 12.9 Å². The first-order valence-electron chi connectivity index (χ1n) is 9.60. The number of ether oxygens (including phenoxy) is 1. The maximum absolute atomic E-state index is 5.65. The molecule has 0 unspecified atom stereocenters. The molecule has 0 aromatic carbocycles. The Morgan fingerprint density at radius 3 is 1.90 bits per heavy atom. The Morgan fingerprint density at radius 1 is 0.810 bits per heavy atom. The Hall–Kier alpha value is -0.460. The fourth-order valence-corrected chi connectivity index (χ4v) is 4.54. The van der Waals surface area contributed by atoms with Crippen molar-refractivity contribution in [3.8, 4) is 0 Å². The molecule has 2 rings (SSSR count). The molecule has 0 aromatic rings. The van der Waals surface area contributed by atoms with Crippen molar-refractivity contribution in [3.05, 3.63) is 12.3 Å². The Morgan fingerprint density at radius 2 is 1.38 bits per heavy atom. The smallest absolute Gasteiger partial charge is 0.0901 e. The van der Waals surface area contributed by atoms with E-state index in [0.717, 1.165) is 36.7 Å². The zero-order valence-electron chi connectivity index (χ0n) is 14.4. The third kappa shape index (κ3) is 5.68. The average molecular weight is 293 g/mol. The molecule has 0 radical (unpaired) electrons. The van der Waals surface area contributed by atoms with Gasteiger partial charge in [0, 0.05) is 0 Å². The molecule has 0 amide bonds. The van der Waals surface area contributed by atoms with Crippen molar-refractivity contribution in [2.45, 2.75) is 84.5 Å².